The largest absolute Gasteiger partial charge is 0.262 e. The van der Waals surface area contributed by atoms with E-state index >= 15 is 0 Å². The maximum absolute atomic E-state index is 4.84. The minimum absolute atomic E-state index is 0.288. The van der Waals surface area contributed by atoms with Gasteiger partial charge in [-0.3, -0.25) is 9.97 Å². The van der Waals surface area contributed by atoms with Gasteiger partial charge in [0, 0.05) is 35.5 Å². The molecule has 0 spiro atoms. The van der Waals surface area contributed by atoms with Gasteiger partial charge in [-0.25, -0.2) is 0 Å². The van der Waals surface area contributed by atoms with Crippen LogP contribution in [-0.2, 0) is 0 Å². The molecule has 8 rings (SSSR count). The molecule has 2 heterocycles. The summed E-state index contributed by atoms with van der Waals surface area (Å²) >= 11 is 0. The molecule has 0 bridgehead atoms. The number of allylic oxidation sites excluding steroid dienone is 8. The summed E-state index contributed by atoms with van der Waals surface area (Å²) in [5.74, 6) is 0.582. The van der Waals surface area contributed by atoms with Crippen LogP contribution >= 0.6 is 0 Å². The van der Waals surface area contributed by atoms with Gasteiger partial charge in [-0.05, 0) is 98.7 Å². The number of hydrogen-bond acceptors (Lipinski definition) is 2. The van der Waals surface area contributed by atoms with E-state index in [0.717, 1.165) is 35.4 Å². The highest BCUT2D eigenvalue weighted by atomic mass is 14.7. The molecule has 43 heavy (non-hydrogen) atoms. The van der Waals surface area contributed by atoms with Crippen molar-refractivity contribution in [3.05, 3.63) is 173 Å². The smallest absolute Gasteiger partial charge is 0.0703 e. The second kappa shape index (κ2) is 10.6. The standard InChI is InChI=1S/C41H32N2/c1-27-23-31(21-22-42-27)39-20-19-34(26-43-39)30-11-8-12-32(25-30)40-35-13-4-6-15-37(35)41(38-16-7-5-14-36(38)40)33-18-17-28-9-2-3-10-29(28)24-33/h2-7,9-11,13-26,35,37H,8,12H2,1H3. The van der Waals surface area contributed by atoms with Crippen LogP contribution in [0.3, 0.4) is 0 Å². The molecule has 3 aromatic carbocycles. The van der Waals surface area contributed by atoms with Gasteiger partial charge in [-0.15, -0.1) is 0 Å². The van der Waals surface area contributed by atoms with Crippen molar-refractivity contribution >= 4 is 27.5 Å². The molecular formula is C41H32N2. The van der Waals surface area contributed by atoms with Gasteiger partial charge in [0.2, 0.25) is 0 Å². The average Bonchev–Trinajstić information content (AvgIpc) is 3.07. The number of pyridine rings is 2. The summed E-state index contributed by atoms with van der Waals surface area (Å²) in [5.41, 5.74) is 11.1. The van der Waals surface area contributed by atoms with Gasteiger partial charge in [0.25, 0.3) is 0 Å². The molecule has 2 aromatic heterocycles. The van der Waals surface area contributed by atoms with Crippen LogP contribution in [0.1, 0.15) is 29.7 Å². The maximum Gasteiger partial charge on any atom is 0.0703 e. The summed E-state index contributed by atoms with van der Waals surface area (Å²) < 4.78 is 0. The van der Waals surface area contributed by atoms with E-state index in [1.54, 1.807) is 0 Å². The van der Waals surface area contributed by atoms with E-state index in [2.05, 4.69) is 126 Å². The summed E-state index contributed by atoms with van der Waals surface area (Å²) in [6.45, 7) is 2.02. The molecule has 0 saturated carbocycles. The minimum atomic E-state index is 0.288. The SMILES string of the molecule is Cc1cc(-c2ccc(C3=CCCC(C4=c5ccccc5=C(c5ccc6ccccc6c5)C5C=CC=CC45)=C3)cn2)ccn1. The summed E-state index contributed by atoms with van der Waals surface area (Å²) in [7, 11) is 0. The third-order valence-electron chi connectivity index (χ3n) is 9.11. The van der Waals surface area contributed by atoms with Crippen molar-refractivity contribution < 1.29 is 0 Å². The Morgan fingerprint density at radius 3 is 2.19 bits per heavy atom. The van der Waals surface area contributed by atoms with Gasteiger partial charge in [0.15, 0.2) is 0 Å². The third-order valence-corrected chi connectivity index (χ3v) is 9.11. The van der Waals surface area contributed by atoms with Crippen LogP contribution in [0, 0.1) is 18.8 Å². The highest BCUT2D eigenvalue weighted by Crippen LogP contribution is 2.43. The summed E-state index contributed by atoms with van der Waals surface area (Å²) in [4.78, 5) is 9.17. The van der Waals surface area contributed by atoms with E-state index in [9.17, 15) is 0 Å². The molecule has 0 amide bonds. The molecule has 3 aliphatic rings. The number of benzene rings is 3. The fourth-order valence-corrected chi connectivity index (χ4v) is 7.12. The molecule has 3 aliphatic carbocycles. The van der Waals surface area contributed by atoms with Crippen molar-refractivity contribution in [1.29, 1.82) is 0 Å². The lowest BCUT2D eigenvalue weighted by molar-refractivity contribution is 0.680. The summed E-state index contributed by atoms with van der Waals surface area (Å²) in [5, 5.41) is 5.28. The minimum Gasteiger partial charge on any atom is -0.262 e. The van der Waals surface area contributed by atoms with Gasteiger partial charge in [0.1, 0.15) is 0 Å². The predicted molar refractivity (Wildman–Crippen MR) is 178 cm³/mol. The quantitative estimate of drug-likeness (QED) is 0.225. The van der Waals surface area contributed by atoms with E-state index in [1.165, 1.54) is 49.1 Å². The number of nitrogens with zero attached hydrogens (tertiary/aromatic N) is 2. The summed E-state index contributed by atoms with van der Waals surface area (Å²) in [6.07, 6.45) is 20.0. The van der Waals surface area contributed by atoms with E-state index in [1.807, 2.05) is 25.4 Å². The molecule has 0 fully saturated rings. The molecule has 0 aliphatic heterocycles. The first-order valence-electron chi connectivity index (χ1n) is 15.2. The topological polar surface area (TPSA) is 25.8 Å². The lowest BCUT2D eigenvalue weighted by atomic mass is 9.69. The monoisotopic (exact) mass is 552 g/mol. The van der Waals surface area contributed by atoms with Crippen molar-refractivity contribution in [2.24, 2.45) is 11.8 Å². The second-order valence-electron chi connectivity index (χ2n) is 11.7. The molecule has 2 nitrogen and oxygen atoms in total. The summed E-state index contributed by atoms with van der Waals surface area (Å²) in [6, 6.07) is 33.1. The highest BCUT2D eigenvalue weighted by Gasteiger charge is 2.32. The van der Waals surface area contributed by atoms with Crippen molar-refractivity contribution in [1.82, 2.24) is 9.97 Å². The van der Waals surface area contributed by atoms with Crippen LogP contribution in [0.4, 0.5) is 0 Å². The lowest BCUT2D eigenvalue weighted by Crippen LogP contribution is -2.40. The normalized spacial score (nSPS) is 19.1. The van der Waals surface area contributed by atoms with Crippen molar-refractivity contribution in [3.63, 3.8) is 0 Å². The zero-order valence-electron chi connectivity index (χ0n) is 24.2. The molecular weight excluding hydrogens is 520 g/mol. The Balaban J connectivity index is 1.26. The first kappa shape index (κ1) is 25.6. The predicted octanol–water partition coefficient (Wildman–Crippen LogP) is 8.13. The van der Waals surface area contributed by atoms with Gasteiger partial charge in [-0.2, -0.15) is 0 Å². The number of aromatic nitrogens is 2. The first-order chi connectivity index (χ1) is 21.2. The zero-order valence-corrected chi connectivity index (χ0v) is 24.2. The van der Waals surface area contributed by atoms with Crippen LogP contribution in [0.2, 0.25) is 0 Å². The van der Waals surface area contributed by atoms with Crippen molar-refractivity contribution in [3.8, 4) is 11.3 Å². The van der Waals surface area contributed by atoms with E-state index in [-0.39, 0.29) is 5.92 Å². The fraction of sp³-hybridized carbons (Fsp3) is 0.122. The van der Waals surface area contributed by atoms with E-state index < -0.39 is 0 Å². The van der Waals surface area contributed by atoms with Gasteiger partial charge in [-0.1, -0.05) is 103 Å². The first-order valence-corrected chi connectivity index (χ1v) is 15.2. The molecule has 206 valence electrons. The molecule has 5 aromatic rings. The molecule has 0 saturated heterocycles. The van der Waals surface area contributed by atoms with Crippen LogP contribution in [0.15, 0.2) is 145 Å². The number of fused-ring (bicyclic) bond motifs is 3. The zero-order chi connectivity index (χ0) is 28.8. The molecule has 2 atom stereocenters. The van der Waals surface area contributed by atoms with Gasteiger partial charge >= 0.3 is 0 Å². The van der Waals surface area contributed by atoms with E-state index in [4.69, 9.17) is 4.98 Å². The van der Waals surface area contributed by atoms with Gasteiger partial charge in [0.05, 0.1) is 5.69 Å². The number of aryl methyl sites for hydroxylation is 1. The van der Waals surface area contributed by atoms with Gasteiger partial charge < -0.3 is 0 Å². The lowest BCUT2D eigenvalue weighted by Gasteiger charge is -2.35. The van der Waals surface area contributed by atoms with E-state index in [0.29, 0.717) is 5.92 Å². The average molecular weight is 553 g/mol. The van der Waals surface area contributed by atoms with Crippen LogP contribution in [-0.4, -0.2) is 9.97 Å². The third kappa shape index (κ3) is 4.60. The number of rotatable bonds is 4. The fourth-order valence-electron chi connectivity index (χ4n) is 7.12. The Bertz CT molecular complexity index is 2140. The molecule has 2 heteroatoms. The Hall–Kier alpha value is -5.08. The second-order valence-corrected chi connectivity index (χ2v) is 11.7. The molecule has 0 radical (unpaired) electrons. The Morgan fingerprint density at radius 1 is 0.651 bits per heavy atom. The van der Waals surface area contributed by atoms with Crippen LogP contribution in [0.5, 0.6) is 0 Å². The number of hydrogen-bond donors (Lipinski definition) is 0. The Morgan fingerprint density at radius 2 is 1.40 bits per heavy atom. The Labute approximate surface area is 252 Å². The van der Waals surface area contributed by atoms with Crippen molar-refractivity contribution in [2.75, 3.05) is 0 Å². The Kier molecular flexibility index (Phi) is 6.34. The maximum atomic E-state index is 4.84. The molecule has 2 unspecified atom stereocenters. The van der Waals surface area contributed by atoms with Crippen molar-refractivity contribution in [2.45, 2.75) is 19.8 Å². The molecule has 0 N–H and O–H groups in total. The van der Waals surface area contributed by atoms with Crippen LogP contribution < -0.4 is 10.4 Å². The highest BCUT2D eigenvalue weighted by molar-refractivity contribution is 5.89. The van der Waals surface area contributed by atoms with Crippen LogP contribution in [0.25, 0.3) is 38.7 Å².